The van der Waals surface area contributed by atoms with Crippen molar-refractivity contribution in [3.8, 4) is 5.75 Å². The molecule has 61 heavy (non-hydrogen) atoms. The molecule has 334 valence electrons. The molecule has 2 amide bonds. The summed E-state index contributed by atoms with van der Waals surface area (Å²) in [6, 6.07) is 5.54. The number of allylic oxidation sites excluding steroid dienone is 1. The molecule has 0 saturated carbocycles. The lowest BCUT2D eigenvalue weighted by Crippen LogP contribution is -2.72. The molecule has 0 bridgehead atoms. The number of ether oxygens (including phenoxy) is 3. The van der Waals surface area contributed by atoms with Gasteiger partial charge in [0.15, 0.2) is 0 Å². The number of nitro benzene ring substituents is 2. The highest BCUT2D eigenvalue weighted by atomic mass is 19.4. The van der Waals surface area contributed by atoms with Crippen molar-refractivity contribution in [2.45, 2.75) is 54.9 Å². The van der Waals surface area contributed by atoms with Crippen LogP contribution in [-0.2, 0) is 22.7 Å². The molecule has 0 heterocycles. The number of benzene rings is 3. The Bertz CT molecular complexity index is 2070. The lowest BCUT2D eigenvalue weighted by atomic mass is 9.91. The Balaban J connectivity index is 1.97. The van der Waals surface area contributed by atoms with E-state index in [2.05, 4.69) is 4.74 Å². The quantitative estimate of drug-likeness (QED) is 0.0614. The van der Waals surface area contributed by atoms with Gasteiger partial charge in [-0.1, -0.05) is 0 Å². The number of carbonyl (C=O) groups excluding carboxylic acids is 2. The Morgan fingerprint density at radius 2 is 0.885 bits per heavy atom. The van der Waals surface area contributed by atoms with Crippen LogP contribution < -0.4 is 15.4 Å². The molecule has 13 nitrogen and oxygen atoms in total. The number of amides is 2. The maximum atomic E-state index is 14.6. The molecular weight excluding hydrogens is 895 g/mol. The van der Waals surface area contributed by atoms with Crippen LogP contribution in [0.4, 0.5) is 107 Å². The Labute approximate surface area is 324 Å². The third-order valence-electron chi connectivity index (χ3n) is 7.42. The normalized spacial score (nSPS) is 13.5. The van der Waals surface area contributed by atoms with E-state index < -0.39 is 117 Å². The third-order valence-corrected chi connectivity index (χ3v) is 7.42. The average Bonchev–Trinajstić information content (AvgIpc) is 3.15. The second kappa shape index (κ2) is 17.1. The summed E-state index contributed by atoms with van der Waals surface area (Å²) in [6.45, 7) is -1.34. The van der Waals surface area contributed by atoms with E-state index in [4.69, 9.17) is 9.47 Å². The van der Waals surface area contributed by atoms with Crippen molar-refractivity contribution in [2.24, 2.45) is 0 Å². The Hall–Kier alpha value is -6.65. The predicted octanol–water partition coefficient (Wildman–Crippen LogP) is 10.9. The Kier molecular flexibility index (Phi) is 13.7. The topological polar surface area (TPSA) is 172 Å². The fourth-order valence-corrected chi connectivity index (χ4v) is 4.21. The van der Waals surface area contributed by atoms with E-state index in [1.807, 2.05) is 0 Å². The minimum Gasteiger partial charge on any atom is -0.444 e. The van der Waals surface area contributed by atoms with Crippen LogP contribution in [0.25, 0.3) is 0 Å². The maximum absolute atomic E-state index is 14.6. The first-order valence-corrected chi connectivity index (χ1v) is 15.3. The number of hydrogen-bond donors (Lipinski definition) is 2. The highest BCUT2D eigenvalue weighted by molar-refractivity contribution is 5.89. The van der Waals surface area contributed by atoms with Gasteiger partial charge in [-0.05, 0) is 41.5 Å². The van der Waals surface area contributed by atoms with Gasteiger partial charge in [-0.2, -0.15) is 74.6 Å². The number of nitrogens with one attached hydrogen (secondary N) is 2. The first kappa shape index (κ1) is 48.7. The summed E-state index contributed by atoms with van der Waals surface area (Å²) in [4.78, 5) is 44.8. The molecule has 0 fully saturated rings. The van der Waals surface area contributed by atoms with E-state index >= 15 is 0 Å². The number of anilines is 2. The molecular formula is C31H17F17N4O9. The summed E-state index contributed by atoms with van der Waals surface area (Å²) in [5, 5.41) is 25.2. The minimum atomic E-state index is -8.82. The summed E-state index contributed by atoms with van der Waals surface area (Å²) in [5.74, 6) is -57.2. The Morgan fingerprint density at radius 1 is 0.541 bits per heavy atom. The molecule has 30 heteroatoms. The molecule has 0 unspecified atom stereocenters. The van der Waals surface area contributed by atoms with Gasteiger partial charge < -0.3 is 14.2 Å². The highest BCUT2D eigenvalue weighted by Crippen LogP contribution is 2.63. The van der Waals surface area contributed by atoms with E-state index in [0.717, 1.165) is 48.5 Å². The summed E-state index contributed by atoms with van der Waals surface area (Å²) >= 11 is 0. The number of non-ortho nitro benzene ring substituents is 2. The molecule has 2 N–H and O–H groups in total. The molecule has 3 aromatic carbocycles. The van der Waals surface area contributed by atoms with E-state index in [1.165, 1.54) is 0 Å². The number of hydrogen-bond acceptors (Lipinski definition) is 9. The van der Waals surface area contributed by atoms with Gasteiger partial charge in [0, 0.05) is 47.8 Å². The molecule has 0 aliphatic rings. The maximum Gasteiger partial charge on any atom is 0.460 e. The van der Waals surface area contributed by atoms with Gasteiger partial charge in [0.05, 0.1) is 9.85 Å². The van der Waals surface area contributed by atoms with Gasteiger partial charge in [0.2, 0.25) is 5.83 Å². The molecule has 0 radical (unpaired) electrons. The number of nitrogens with zero attached hydrogens (tertiary/aromatic N) is 2. The van der Waals surface area contributed by atoms with Crippen molar-refractivity contribution >= 4 is 34.9 Å². The van der Waals surface area contributed by atoms with Gasteiger partial charge in [-0.15, -0.1) is 0 Å². The van der Waals surface area contributed by atoms with Crippen molar-refractivity contribution in [1.29, 1.82) is 0 Å². The van der Waals surface area contributed by atoms with Crippen molar-refractivity contribution in [3.63, 3.8) is 0 Å². The Morgan fingerprint density at radius 3 is 1.23 bits per heavy atom. The molecule has 0 aromatic heterocycles. The van der Waals surface area contributed by atoms with Crippen LogP contribution in [0.15, 0.2) is 78.6 Å². The van der Waals surface area contributed by atoms with Crippen molar-refractivity contribution < 1.29 is 108 Å². The molecule has 3 rings (SSSR count). The van der Waals surface area contributed by atoms with Crippen molar-refractivity contribution in [3.05, 3.63) is 110 Å². The number of carbonyl (C=O) groups is 2. The van der Waals surface area contributed by atoms with Crippen LogP contribution >= 0.6 is 0 Å². The SMILES string of the molecule is O=C(Nc1cc(NC(=O)OCc2ccc([N+](=O)[O-])cc2)cc(OC(F)=C(F)C(F)(F)C(F)(F)C(F)(F)C(F)(F)C(F)(F)C(F)(F)C(F)(F)F)c1)OCc1ccc([N+](=O)[O-])cc1. The van der Waals surface area contributed by atoms with Gasteiger partial charge in [0.1, 0.15) is 19.0 Å². The van der Waals surface area contributed by atoms with Crippen LogP contribution in [0.2, 0.25) is 0 Å². The van der Waals surface area contributed by atoms with Crippen LogP contribution in [0, 0.1) is 20.2 Å². The molecule has 3 aromatic rings. The second-order valence-electron chi connectivity index (χ2n) is 11.6. The van der Waals surface area contributed by atoms with Gasteiger partial charge in [-0.3, -0.25) is 30.9 Å². The first-order valence-electron chi connectivity index (χ1n) is 15.3. The average molecular weight is 912 g/mol. The fraction of sp³-hybridized carbons (Fsp3) is 0.290. The zero-order valence-electron chi connectivity index (χ0n) is 28.8. The zero-order chi connectivity index (χ0) is 46.7. The van der Waals surface area contributed by atoms with E-state index in [0.29, 0.717) is 6.07 Å². The lowest BCUT2D eigenvalue weighted by Gasteiger charge is -2.41. The number of halogens is 17. The summed E-state index contributed by atoms with van der Waals surface area (Å²) in [6.07, 6.45) is -11.0. The molecule has 0 aliphatic carbocycles. The molecule has 0 saturated heterocycles. The minimum absolute atomic E-state index is 0.0949. The smallest absolute Gasteiger partial charge is 0.444 e. The standard InChI is InChI=1S/C31H17F17N4O9/c32-21(25(34,35)26(36,37)27(38,39)28(40,41)29(42,43)30(44,45)31(46,47)48)22(33)61-20-10-16(49-23(53)59-12-14-1-5-18(6-2-14)51(55)56)9-17(11-20)50-24(54)60-13-15-3-7-19(8-4-15)52(57)58/h1-11H,12-13H2,(H,49,53)(H,50,54). The summed E-state index contributed by atoms with van der Waals surface area (Å²) in [7, 11) is 0. The second-order valence-corrected chi connectivity index (χ2v) is 11.6. The molecule has 0 aliphatic heterocycles. The molecule has 0 atom stereocenters. The monoisotopic (exact) mass is 912 g/mol. The van der Waals surface area contributed by atoms with E-state index in [9.17, 15) is 104 Å². The van der Waals surface area contributed by atoms with Crippen molar-refractivity contribution in [2.75, 3.05) is 10.6 Å². The third kappa shape index (κ3) is 9.88. The predicted molar refractivity (Wildman–Crippen MR) is 166 cm³/mol. The number of alkyl halides is 15. The molecule has 0 spiro atoms. The lowest BCUT2D eigenvalue weighted by molar-refractivity contribution is -0.451. The van der Waals surface area contributed by atoms with Crippen LogP contribution in [0.1, 0.15) is 11.1 Å². The first-order chi connectivity index (χ1) is 27.7. The summed E-state index contributed by atoms with van der Waals surface area (Å²) < 4.78 is 246. The fourth-order valence-electron chi connectivity index (χ4n) is 4.21. The number of nitro groups is 2. The highest BCUT2D eigenvalue weighted by Gasteiger charge is 2.94. The van der Waals surface area contributed by atoms with Gasteiger partial charge >= 0.3 is 59.9 Å². The summed E-state index contributed by atoms with van der Waals surface area (Å²) in [5.41, 5.74) is -2.29. The van der Waals surface area contributed by atoms with Gasteiger partial charge in [-0.25, -0.2) is 9.59 Å². The largest absolute Gasteiger partial charge is 0.460 e. The van der Waals surface area contributed by atoms with Crippen molar-refractivity contribution in [1.82, 2.24) is 0 Å². The number of rotatable bonds is 16. The van der Waals surface area contributed by atoms with Crippen LogP contribution in [0.5, 0.6) is 5.75 Å². The van der Waals surface area contributed by atoms with E-state index in [-0.39, 0.29) is 23.3 Å². The van der Waals surface area contributed by atoms with Crippen LogP contribution in [-0.4, -0.2) is 63.7 Å². The zero-order valence-corrected chi connectivity index (χ0v) is 28.8. The van der Waals surface area contributed by atoms with Crippen LogP contribution in [0.3, 0.4) is 0 Å². The van der Waals surface area contributed by atoms with E-state index in [1.54, 1.807) is 10.6 Å². The van der Waals surface area contributed by atoms with Gasteiger partial charge in [0.25, 0.3) is 11.4 Å².